The van der Waals surface area contributed by atoms with Crippen LogP contribution >= 0.6 is 11.6 Å². The van der Waals surface area contributed by atoms with E-state index in [-0.39, 0.29) is 16.1 Å². The molecule has 1 unspecified atom stereocenters. The third-order valence-electron chi connectivity index (χ3n) is 4.22. The van der Waals surface area contributed by atoms with E-state index < -0.39 is 27.9 Å². The number of halogens is 2. The molecule has 0 radical (unpaired) electrons. The standard InChI is InChI=1S/C17H12ClFN2O4S/c1-8-11-5-13(19)15(6-12(11)17(22)25-8)21-26(23,24)16-7-20-14-4-9(18)2-3-10(14)16/h2-8,20-21H,1H3. The van der Waals surface area contributed by atoms with Crippen LogP contribution in [-0.2, 0) is 14.8 Å². The number of nitrogens with one attached hydrogen (secondary N) is 2. The zero-order valence-corrected chi connectivity index (χ0v) is 14.9. The summed E-state index contributed by atoms with van der Waals surface area (Å²) in [6.45, 7) is 1.62. The summed E-state index contributed by atoms with van der Waals surface area (Å²) in [5.41, 5.74) is 0.738. The number of carbonyl (C=O) groups excluding carboxylic acids is 1. The molecule has 0 spiro atoms. The Bertz CT molecular complexity index is 1170. The SMILES string of the molecule is CC1OC(=O)c2cc(NS(=O)(=O)c3c[nH]c4cc(Cl)ccc34)c(F)cc21. The molecule has 0 aliphatic carbocycles. The van der Waals surface area contributed by atoms with Crippen LogP contribution in [0.4, 0.5) is 10.1 Å². The summed E-state index contributed by atoms with van der Waals surface area (Å²) in [6.07, 6.45) is 0.723. The third kappa shape index (κ3) is 2.62. The Kier molecular flexibility index (Phi) is 3.71. The molecular weight excluding hydrogens is 383 g/mol. The number of sulfonamides is 1. The second kappa shape index (κ2) is 5.72. The van der Waals surface area contributed by atoms with E-state index in [1.54, 1.807) is 25.1 Å². The van der Waals surface area contributed by atoms with Gasteiger partial charge in [-0.15, -0.1) is 0 Å². The zero-order chi connectivity index (χ0) is 18.6. The molecule has 2 N–H and O–H groups in total. The van der Waals surface area contributed by atoms with Crippen LogP contribution in [0.3, 0.4) is 0 Å². The van der Waals surface area contributed by atoms with Gasteiger partial charge in [0.2, 0.25) is 0 Å². The van der Waals surface area contributed by atoms with Crippen molar-refractivity contribution in [2.24, 2.45) is 0 Å². The number of anilines is 1. The Hall–Kier alpha value is -2.58. The van der Waals surface area contributed by atoms with Crippen molar-refractivity contribution in [1.82, 2.24) is 4.98 Å². The average molecular weight is 395 g/mol. The number of hydrogen-bond acceptors (Lipinski definition) is 4. The van der Waals surface area contributed by atoms with Gasteiger partial charge >= 0.3 is 5.97 Å². The van der Waals surface area contributed by atoms with Crippen molar-refractivity contribution in [3.8, 4) is 0 Å². The van der Waals surface area contributed by atoms with E-state index >= 15 is 0 Å². The van der Waals surface area contributed by atoms with E-state index in [1.165, 1.54) is 6.20 Å². The van der Waals surface area contributed by atoms with Crippen LogP contribution < -0.4 is 4.72 Å². The number of cyclic esters (lactones) is 1. The first kappa shape index (κ1) is 16.9. The summed E-state index contributed by atoms with van der Waals surface area (Å²) >= 11 is 5.89. The van der Waals surface area contributed by atoms with Crippen molar-refractivity contribution in [2.45, 2.75) is 17.9 Å². The molecular formula is C17H12ClFN2O4S. The molecule has 2 heterocycles. The van der Waals surface area contributed by atoms with Gasteiger partial charge in [0, 0.05) is 27.7 Å². The van der Waals surface area contributed by atoms with Gasteiger partial charge < -0.3 is 9.72 Å². The molecule has 134 valence electrons. The number of H-pyrrole nitrogens is 1. The largest absolute Gasteiger partial charge is 0.454 e. The molecule has 1 atom stereocenters. The highest BCUT2D eigenvalue weighted by Crippen LogP contribution is 2.35. The molecule has 0 fully saturated rings. The van der Waals surface area contributed by atoms with Gasteiger partial charge in [0.05, 0.1) is 11.3 Å². The average Bonchev–Trinajstić information content (AvgIpc) is 3.10. The fraction of sp³-hybridized carbons (Fsp3) is 0.118. The zero-order valence-electron chi connectivity index (χ0n) is 13.3. The summed E-state index contributed by atoms with van der Waals surface area (Å²) < 4.78 is 47.0. The number of rotatable bonds is 3. The maximum Gasteiger partial charge on any atom is 0.339 e. The number of aromatic nitrogens is 1. The van der Waals surface area contributed by atoms with E-state index in [4.69, 9.17) is 16.3 Å². The highest BCUT2D eigenvalue weighted by Gasteiger charge is 2.30. The van der Waals surface area contributed by atoms with Gasteiger partial charge in [-0.3, -0.25) is 4.72 Å². The van der Waals surface area contributed by atoms with E-state index in [2.05, 4.69) is 9.71 Å². The van der Waals surface area contributed by atoms with Gasteiger partial charge in [-0.2, -0.15) is 0 Å². The fourth-order valence-corrected chi connectivity index (χ4v) is 4.37. The predicted molar refractivity (Wildman–Crippen MR) is 94.3 cm³/mol. The lowest BCUT2D eigenvalue weighted by atomic mass is 10.1. The molecule has 6 nitrogen and oxygen atoms in total. The lowest BCUT2D eigenvalue weighted by Gasteiger charge is -2.10. The summed E-state index contributed by atoms with van der Waals surface area (Å²) in [5, 5.41) is 0.866. The van der Waals surface area contributed by atoms with E-state index in [1.807, 2.05) is 0 Å². The topological polar surface area (TPSA) is 88.3 Å². The summed E-state index contributed by atoms with van der Waals surface area (Å²) in [5.74, 6) is -1.41. The van der Waals surface area contributed by atoms with Crippen LogP contribution in [0.1, 0.15) is 28.9 Å². The molecule has 2 aromatic carbocycles. The van der Waals surface area contributed by atoms with Gasteiger partial charge in [0.15, 0.2) is 0 Å². The van der Waals surface area contributed by atoms with Gasteiger partial charge in [-0.05, 0) is 37.3 Å². The van der Waals surface area contributed by atoms with Crippen molar-refractivity contribution >= 4 is 44.2 Å². The minimum absolute atomic E-state index is 0.0555. The van der Waals surface area contributed by atoms with Crippen molar-refractivity contribution in [2.75, 3.05) is 4.72 Å². The highest BCUT2D eigenvalue weighted by molar-refractivity contribution is 7.93. The molecule has 0 saturated heterocycles. The molecule has 0 amide bonds. The minimum Gasteiger partial charge on any atom is -0.454 e. The van der Waals surface area contributed by atoms with Crippen molar-refractivity contribution in [3.05, 3.63) is 58.5 Å². The van der Waals surface area contributed by atoms with Gasteiger partial charge in [-0.25, -0.2) is 17.6 Å². The first-order valence-electron chi connectivity index (χ1n) is 7.60. The molecule has 1 aliphatic heterocycles. The third-order valence-corrected chi connectivity index (χ3v) is 5.86. The summed E-state index contributed by atoms with van der Waals surface area (Å²) in [7, 11) is -4.10. The molecule has 9 heteroatoms. The molecule has 1 aromatic heterocycles. The molecule has 26 heavy (non-hydrogen) atoms. The number of carbonyl (C=O) groups is 1. The number of hydrogen-bond donors (Lipinski definition) is 2. The van der Waals surface area contributed by atoms with Crippen LogP contribution in [-0.4, -0.2) is 19.4 Å². The molecule has 0 bridgehead atoms. The Morgan fingerprint density at radius 2 is 2.04 bits per heavy atom. The molecule has 0 saturated carbocycles. The van der Waals surface area contributed by atoms with Gasteiger partial charge in [0.1, 0.15) is 16.8 Å². The second-order valence-corrected chi connectivity index (χ2v) is 8.00. The van der Waals surface area contributed by atoms with Crippen LogP contribution in [0.15, 0.2) is 41.4 Å². The number of fused-ring (bicyclic) bond motifs is 2. The van der Waals surface area contributed by atoms with Crippen LogP contribution in [0.25, 0.3) is 10.9 Å². The number of aromatic amines is 1. The first-order valence-corrected chi connectivity index (χ1v) is 9.46. The minimum atomic E-state index is -4.10. The van der Waals surface area contributed by atoms with Crippen molar-refractivity contribution < 1.29 is 22.3 Å². The van der Waals surface area contributed by atoms with Gasteiger partial charge in [-0.1, -0.05) is 11.6 Å². The highest BCUT2D eigenvalue weighted by atomic mass is 35.5. The molecule has 3 aromatic rings. The van der Waals surface area contributed by atoms with E-state index in [0.29, 0.717) is 21.5 Å². The quantitative estimate of drug-likeness (QED) is 0.657. The molecule has 4 rings (SSSR count). The lowest BCUT2D eigenvalue weighted by Crippen LogP contribution is -2.14. The Morgan fingerprint density at radius 1 is 1.27 bits per heavy atom. The summed E-state index contributed by atoms with van der Waals surface area (Å²) in [6, 6.07) is 6.96. The van der Waals surface area contributed by atoms with Crippen LogP contribution in [0, 0.1) is 5.82 Å². The number of esters is 1. The number of ether oxygens (including phenoxy) is 1. The maximum atomic E-state index is 14.4. The van der Waals surface area contributed by atoms with Crippen molar-refractivity contribution in [3.63, 3.8) is 0 Å². The lowest BCUT2D eigenvalue weighted by molar-refractivity contribution is 0.0421. The second-order valence-electron chi connectivity index (χ2n) is 5.92. The summed E-state index contributed by atoms with van der Waals surface area (Å²) in [4.78, 5) is 14.6. The van der Waals surface area contributed by atoms with Crippen LogP contribution in [0.2, 0.25) is 5.02 Å². The monoisotopic (exact) mass is 394 g/mol. The smallest absolute Gasteiger partial charge is 0.339 e. The Morgan fingerprint density at radius 3 is 2.81 bits per heavy atom. The normalized spacial score (nSPS) is 16.6. The number of benzene rings is 2. The Balaban J connectivity index is 1.77. The Labute approximate surface area is 153 Å². The van der Waals surface area contributed by atoms with Gasteiger partial charge in [0.25, 0.3) is 10.0 Å². The predicted octanol–water partition coefficient (Wildman–Crippen LogP) is 3.99. The molecule has 1 aliphatic rings. The van der Waals surface area contributed by atoms with Crippen molar-refractivity contribution in [1.29, 1.82) is 0 Å². The van der Waals surface area contributed by atoms with E-state index in [0.717, 1.165) is 12.1 Å². The first-order chi connectivity index (χ1) is 12.3. The van der Waals surface area contributed by atoms with E-state index in [9.17, 15) is 17.6 Å². The fourth-order valence-electron chi connectivity index (χ4n) is 2.96. The van der Waals surface area contributed by atoms with Crippen LogP contribution in [0.5, 0.6) is 0 Å². The maximum absolute atomic E-state index is 14.4.